The van der Waals surface area contributed by atoms with E-state index in [1.54, 1.807) is 12.1 Å². The normalized spacial score (nSPS) is 12.2. The number of aliphatic hydroxyl groups is 1. The van der Waals surface area contributed by atoms with Crippen molar-refractivity contribution < 1.29 is 18.3 Å². The van der Waals surface area contributed by atoms with Crippen molar-refractivity contribution >= 4 is 16.7 Å². The maximum absolute atomic E-state index is 12.5. The molecule has 1 aromatic carbocycles. The van der Waals surface area contributed by atoms with Crippen LogP contribution in [0.5, 0.6) is 0 Å². The van der Waals surface area contributed by atoms with Gasteiger partial charge in [0.1, 0.15) is 5.82 Å². The van der Waals surface area contributed by atoms with Gasteiger partial charge < -0.3 is 10.8 Å². The number of nitrogens with zero attached hydrogens (tertiary/aromatic N) is 2. The number of aliphatic hydroxyl groups excluding tert-OH is 1. The molecule has 2 rings (SSSR count). The summed E-state index contributed by atoms with van der Waals surface area (Å²) in [6, 6.07) is 8.99. The fourth-order valence-electron chi connectivity index (χ4n) is 2.15. The summed E-state index contributed by atoms with van der Waals surface area (Å²) in [6.45, 7) is -1.54. The van der Waals surface area contributed by atoms with E-state index >= 15 is 0 Å². The largest absolute Gasteiger partial charge is 0.401 e. The minimum Gasteiger partial charge on any atom is -0.395 e. The Morgan fingerprint density at radius 1 is 1.24 bits per heavy atom. The number of halogens is 3. The molecule has 1 aromatic heterocycles. The molecule has 21 heavy (non-hydrogen) atoms. The summed E-state index contributed by atoms with van der Waals surface area (Å²) in [4.78, 5) is 5.29. The molecule has 0 unspecified atom stereocenters. The third kappa shape index (κ3) is 4.30. The van der Waals surface area contributed by atoms with Gasteiger partial charge in [0, 0.05) is 24.0 Å². The maximum Gasteiger partial charge on any atom is 0.401 e. The van der Waals surface area contributed by atoms with Crippen molar-refractivity contribution in [2.45, 2.75) is 12.7 Å². The van der Waals surface area contributed by atoms with E-state index < -0.39 is 12.7 Å². The number of anilines is 1. The molecule has 0 saturated carbocycles. The van der Waals surface area contributed by atoms with Gasteiger partial charge in [0.2, 0.25) is 0 Å². The van der Waals surface area contributed by atoms with Gasteiger partial charge in [-0.25, -0.2) is 4.98 Å². The zero-order valence-corrected chi connectivity index (χ0v) is 11.3. The Morgan fingerprint density at radius 2 is 1.95 bits per heavy atom. The van der Waals surface area contributed by atoms with Gasteiger partial charge in [-0.2, -0.15) is 13.2 Å². The molecule has 0 bridgehead atoms. The molecular weight excluding hydrogens is 283 g/mol. The highest BCUT2D eigenvalue weighted by Crippen LogP contribution is 2.22. The number of alkyl halides is 3. The molecule has 1 heterocycles. The first-order valence-electron chi connectivity index (χ1n) is 6.43. The summed E-state index contributed by atoms with van der Waals surface area (Å²) >= 11 is 0. The number of benzene rings is 1. The second-order valence-corrected chi connectivity index (χ2v) is 4.77. The van der Waals surface area contributed by atoms with Crippen LogP contribution in [0.1, 0.15) is 5.56 Å². The molecule has 3 N–H and O–H groups in total. The van der Waals surface area contributed by atoms with E-state index in [9.17, 15) is 13.2 Å². The summed E-state index contributed by atoms with van der Waals surface area (Å²) < 4.78 is 37.5. The van der Waals surface area contributed by atoms with Crippen LogP contribution in [0.15, 0.2) is 30.3 Å². The van der Waals surface area contributed by atoms with Gasteiger partial charge in [0.05, 0.1) is 18.7 Å². The predicted molar refractivity (Wildman–Crippen MR) is 74.6 cm³/mol. The topological polar surface area (TPSA) is 62.4 Å². The highest BCUT2D eigenvalue weighted by Gasteiger charge is 2.30. The van der Waals surface area contributed by atoms with E-state index in [2.05, 4.69) is 4.98 Å². The lowest BCUT2D eigenvalue weighted by molar-refractivity contribution is -0.147. The lowest BCUT2D eigenvalue weighted by atomic mass is 10.1. The van der Waals surface area contributed by atoms with Gasteiger partial charge in [-0.15, -0.1) is 0 Å². The zero-order chi connectivity index (χ0) is 15.5. The van der Waals surface area contributed by atoms with Gasteiger partial charge in [-0.3, -0.25) is 4.90 Å². The Morgan fingerprint density at radius 3 is 2.62 bits per heavy atom. The van der Waals surface area contributed by atoms with E-state index in [0.29, 0.717) is 11.1 Å². The van der Waals surface area contributed by atoms with E-state index in [-0.39, 0.29) is 25.5 Å². The molecule has 0 aliphatic rings. The first kappa shape index (κ1) is 15.5. The number of rotatable bonds is 5. The smallest absolute Gasteiger partial charge is 0.395 e. The summed E-state index contributed by atoms with van der Waals surface area (Å²) in [6.07, 6.45) is -4.33. The Bertz CT molecular complexity index is 616. The summed E-state index contributed by atoms with van der Waals surface area (Å²) in [5.74, 6) is 0.207. The summed E-state index contributed by atoms with van der Waals surface area (Å²) in [7, 11) is 0. The molecule has 114 valence electrons. The van der Waals surface area contributed by atoms with Crippen LogP contribution < -0.4 is 5.73 Å². The minimum atomic E-state index is -4.33. The number of nitrogen functional groups attached to an aromatic ring is 1. The van der Waals surface area contributed by atoms with Crippen LogP contribution in [0.4, 0.5) is 19.0 Å². The molecule has 0 aliphatic heterocycles. The molecule has 0 spiro atoms. The van der Waals surface area contributed by atoms with Gasteiger partial charge in [0.25, 0.3) is 0 Å². The number of para-hydroxylation sites is 1. The average molecular weight is 299 g/mol. The van der Waals surface area contributed by atoms with Gasteiger partial charge in [-0.1, -0.05) is 18.2 Å². The molecule has 0 atom stereocenters. The molecule has 2 aromatic rings. The fraction of sp³-hybridized carbons (Fsp3) is 0.357. The summed E-state index contributed by atoms with van der Waals surface area (Å²) in [5.41, 5.74) is 7.03. The standard InChI is InChI=1S/C14H16F3N3O/c15-14(16,17)9-20(5-6-21)8-11-7-10-3-1-2-4-12(10)19-13(11)18/h1-4,7,21H,5-6,8-9H2,(H2,18,19). The maximum atomic E-state index is 12.5. The SMILES string of the molecule is Nc1nc2ccccc2cc1CN(CCO)CC(F)(F)F. The zero-order valence-electron chi connectivity index (χ0n) is 11.3. The van der Waals surface area contributed by atoms with Crippen LogP contribution in [0.3, 0.4) is 0 Å². The lowest BCUT2D eigenvalue weighted by Gasteiger charge is -2.23. The van der Waals surface area contributed by atoms with E-state index in [0.717, 1.165) is 10.3 Å². The summed E-state index contributed by atoms with van der Waals surface area (Å²) in [5, 5.41) is 9.71. The molecule has 7 heteroatoms. The van der Waals surface area contributed by atoms with Crippen LogP contribution in [-0.2, 0) is 6.54 Å². The van der Waals surface area contributed by atoms with E-state index in [1.807, 2.05) is 18.2 Å². The third-order valence-electron chi connectivity index (χ3n) is 3.05. The highest BCUT2D eigenvalue weighted by atomic mass is 19.4. The molecule has 0 fully saturated rings. The predicted octanol–water partition coefficient (Wildman–Crippen LogP) is 2.17. The van der Waals surface area contributed by atoms with Crippen molar-refractivity contribution in [3.8, 4) is 0 Å². The van der Waals surface area contributed by atoms with Gasteiger partial charge >= 0.3 is 6.18 Å². The quantitative estimate of drug-likeness (QED) is 0.888. The molecular formula is C14H16F3N3O. The van der Waals surface area contributed by atoms with Crippen molar-refractivity contribution in [1.29, 1.82) is 0 Å². The van der Waals surface area contributed by atoms with Crippen LogP contribution in [0.25, 0.3) is 10.9 Å². The second-order valence-electron chi connectivity index (χ2n) is 4.77. The number of hydrogen-bond donors (Lipinski definition) is 2. The van der Waals surface area contributed by atoms with Crippen molar-refractivity contribution in [1.82, 2.24) is 9.88 Å². The number of pyridine rings is 1. The van der Waals surface area contributed by atoms with Gasteiger partial charge in [0.15, 0.2) is 0 Å². The van der Waals surface area contributed by atoms with Gasteiger partial charge in [-0.05, 0) is 12.1 Å². The molecule has 0 amide bonds. The average Bonchev–Trinajstić information content (AvgIpc) is 2.38. The van der Waals surface area contributed by atoms with Crippen LogP contribution in [0.2, 0.25) is 0 Å². The third-order valence-corrected chi connectivity index (χ3v) is 3.05. The lowest BCUT2D eigenvalue weighted by Crippen LogP contribution is -2.36. The van der Waals surface area contributed by atoms with Crippen molar-refractivity contribution in [3.05, 3.63) is 35.9 Å². The Hall–Kier alpha value is -1.86. The van der Waals surface area contributed by atoms with E-state index in [1.165, 1.54) is 0 Å². The van der Waals surface area contributed by atoms with Crippen LogP contribution in [0, 0.1) is 0 Å². The fourth-order valence-corrected chi connectivity index (χ4v) is 2.15. The number of hydrogen-bond acceptors (Lipinski definition) is 4. The van der Waals surface area contributed by atoms with Crippen LogP contribution in [-0.4, -0.2) is 40.9 Å². The minimum absolute atomic E-state index is 0.0102. The van der Waals surface area contributed by atoms with Crippen molar-refractivity contribution in [3.63, 3.8) is 0 Å². The number of aromatic nitrogens is 1. The Labute approximate surface area is 120 Å². The number of nitrogens with two attached hydrogens (primary N) is 1. The molecule has 0 radical (unpaired) electrons. The first-order valence-corrected chi connectivity index (χ1v) is 6.43. The molecule has 4 nitrogen and oxygen atoms in total. The van der Waals surface area contributed by atoms with E-state index in [4.69, 9.17) is 10.8 Å². The Balaban J connectivity index is 2.25. The first-order chi connectivity index (χ1) is 9.89. The Kier molecular flexibility index (Phi) is 4.64. The second kappa shape index (κ2) is 6.28. The van der Waals surface area contributed by atoms with Crippen LogP contribution >= 0.6 is 0 Å². The molecule has 0 aliphatic carbocycles. The number of fused-ring (bicyclic) bond motifs is 1. The van der Waals surface area contributed by atoms with Crippen molar-refractivity contribution in [2.24, 2.45) is 0 Å². The highest BCUT2D eigenvalue weighted by molar-refractivity contribution is 5.81. The monoisotopic (exact) mass is 299 g/mol. The van der Waals surface area contributed by atoms with Crippen molar-refractivity contribution in [2.75, 3.05) is 25.4 Å². The molecule has 0 saturated heterocycles.